The van der Waals surface area contributed by atoms with Gasteiger partial charge in [0.15, 0.2) is 5.13 Å². The largest absolute Gasteiger partial charge is 0.393 e. The first kappa shape index (κ1) is 15.9. The van der Waals surface area contributed by atoms with E-state index in [4.69, 9.17) is 5.73 Å². The molecule has 0 bridgehead atoms. The Bertz CT molecular complexity index is 774. The average molecular weight is 359 g/mol. The highest BCUT2D eigenvalue weighted by molar-refractivity contribution is 7.91. The van der Waals surface area contributed by atoms with Crippen molar-refractivity contribution in [2.45, 2.75) is 30.1 Å². The van der Waals surface area contributed by atoms with E-state index in [1.807, 2.05) is 12.3 Å². The van der Waals surface area contributed by atoms with Gasteiger partial charge in [-0.1, -0.05) is 11.3 Å². The van der Waals surface area contributed by atoms with Gasteiger partial charge in [-0.3, -0.25) is 0 Å². The van der Waals surface area contributed by atoms with Crippen LogP contribution in [-0.4, -0.2) is 42.0 Å². The van der Waals surface area contributed by atoms with Gasteiger partial charge in [-0.25, -0.2) is 13.4 Å². The van der Waals surface area contributed by atoms with E-state index in [2.05, 4.69) is 4.98 Å². The van der Waals surface area contributed by atoms with Crippen LogP contribution in [0.3, 0.4) is 0 Å². The molecule has 3 N–H and O–H groups in total. The Morgan fingerprint density at radius 2 is 2.09 bits per heavy atom. The van der Waals surface area contributed by atoms with Gasteiger partial charge < -0.3 is 10.8 Å². The van der Waals surface area contributed by atoms with Gasteiger partial charge in [0.05, 0.1) is 16.7 Å². The summed E-state index contributed by atoms with van der Waals surface area (Å²) < 4.78 is 27.1. The van der Waals surface area contributed by atoms with Gasteiger partial charge in [0.1, 0.15) is 4.21 Å². The number of anilines is 1. The number of piperidine rings is 1. The van der Waals surface area contributed by atoms with Crippen molar-refractivity contribution < 1.29 is 13.5 Å². The molecule has 0 spiro atoms. The van der Waals surface area contributed by atoms with Crippen LogP contribution in [0, 0.1) is 6.92 Å². The van der Waals surface area contributed by atoms with E-state index >= 15 is 0 Å². The minimum Gasteiger partial charge on any atom is -0.393 e. The van der Waals surface area contributed by atoms with E-state index in [1.54, 1.807) is 6.07 Å². The Labute approximate surface area is 137 Å². The maximum Gasteiger partial charge on any atom is 0.252 e. The summed E-state index contributed by atoms with van der Waals surface area (Å²) in [6.45, 7) is 2.59. The first-order chi connectivity index (χ1) is 10.4. The number of hydrogen-bond acceptors (Lipinski definition) is 7. The number of thiophene rings is 1. The van der Waals surface area contributed by atoms with E-state index in [-0.39, 0.29) is 0 Å². The molecule has 0 unspecified atom stereocenters. The molecule has 3 heterocycles. The van der Waals surface area contributed by atoms with Crippen molar-refractivity contribution in [3.63, 3.8) is 0 Å². The predicted molar refractivity (Wildman–Crippen MR) is 88.6 cm³/mol. The molecule has 3 rings (SSSR count). The minimum absolute atomic E-state index is 0.324. The van der Waals surface area contributed by atoms with Crippen LogP contribution in [0.1, 0.15) is 18.5 Å². The summed E-state index contributed by atoms with van der Waals surface area (Å²) in [5, 5.41) is 11.8. The maximum atomic E-state index is 12.6. The van der Waals surface area contributed by atoms with Crippen molar-refractivity contribution in [3.8, 4) is 10.4 Å². The molecule has 120 valence electrons. The number of aliphatic hydroxyl groups excluding tert-OH is 1. The van der Waals surface area contributed by atoms with Crippen molar-refractivity contribution in [2.24, 2.45) is 0 Å². The highest BCUT2D eigenvalue weighted by Gasteiger charge is 2.30. The zero-order valence-corrected chi connectivity index (χ0v) is 14.5. The molecule has 22 heavy (non-hydrogen) atoms. The fourth-order valence-corrected chi connectivity index (χ4v) is 6.15. The number of aryl methyl sites for hydroxylation is 1. The van der Waals surface area contributed by atoms with Crippen molar-refractivity contribution in [1.82, 2.24) is 9.29 Å². The van der Waals surface area contributed by atoms with Crippen molar-refractivity contribution in [1.29, 1.82) is 0 Å². The van der Waals surface area contributed by atoms with E-state index in [0.29, 0.717) is 35.3 Å². The molecule has 1 aliphatic heterocycles. The van der Waals surface area contributed by atoms with Crippen molar-refractivity contribution in [2.75, 3.05) is 18.8 Å². The van der Waals surface area contributed by atoms with Crippen molar-refractivity contribution in [3.05, 3.63) is 17.1 Å². The van der Waals surface area contributed by atoms with Crippen LogP contribution >= 0.6 is 22.7 Å². The molecule has 0 atom stereocenters. The fraction of sp³-hybridized carbons (Fsp3) is 0.462. The summed E-state index contributed by atoms with van der Waals surface area (Å²) in [5.74, 6) is 0. The Hall–Kier alpha value is -1.00. The number of hydrogen-bond donors (Lipinski definition) is 2. The Balaban J connectivity index is 1.88. The summed E-state index contributed by atoms with van der Waals surface area (Å²) in [7, 11) is -3.48. The quantitative estimate of drug-likeness (QED) is 0.872. The first-order valence-electron chi connectivity index (χ1n) is 6.88. The molecule has 9 heteroatoms. The molecule has 0 amide bonds. The zero-order valence-electron chi connectivity index (χ0n) is 12.0. The molecule has 0 saturated carbocycles. The second-order valence-corrected chi connectivity index (χ2v) is 9.36. The smallest absolute Gasteiger partial charge is 0.252 e. The van der Waals surface area contributed by atoms with Gasteiger partial charge >= 0.3 is 0 Å². The predicted octanol–water partition coefficient (Wildman–Crippen LogP) is 1.91. The normalized spacial score (nSPS) is 17.9. The molecule has 2 aromatic heterocycles. The molecular formula is C13H17N3O3S3. The molecule has 0 aromatic carbocycles. The third kappa shape index (κ3) is 2.91. The highest BCUT2D eigenvalue weighted by atomic mass is 32.2. The minimum atomic E-state index is -3.48. The molecule has 2 aromatic rings. The summed E-state index contributed by atoms with van der Waals surface area (Å²) in [6.07, 6.45) is 0.581. The fourth-order valence-electron chi connectivity index (χ4n) is 2.47. The third-order valence-electron chi connectivity index (χ3n) is 3.67. The number of nitrogen functional groups attached to an aromatic ring is 1. The van der Waals surface area contributed by atoms with Gasteiger partial charge in [-0.05, 0) is 25.8 Å². The van der Waals surface area contributed by atoms with Gasteiger partial charge in [0, 0.05) is 24.0 Å². The van der Waals surface area contributed by atoms with Crippen molar-refractivity contribution >= 4 is 37.8 Å². The molecule has 1 saturated heterocycles. The van der Waals surface area contributed by atoms with Gasteiger partial charge in [0.25, 0.3) is 10.0 Å². The van der Waals surface area contributed by atoms with E-state index in [1.165, 1.54) is 27.0 Å². The summed E-state index contributed by atoms with van der Waals surface area (Å²) in [6, 6.07) is 1.69. The van der Waals surface area contributed by atoms with Crippen LogP contribution in [0.15, 0.2) is 15.7 Å². The topological polar surface area (TPSA) is 96.5 Å². The second kappa shape index (κ2) is 5.89. The monoisotopic (exact) mass is 359 g/mol. The van der Waals surface area contributed by atoms with Crippen LogP contribution in [0.25, 0.3) is 10.4 Å². The lowest BCUT2D eigenvalue weighted by Crippen LogP contribution is -2.39. The van der Waals surface area contributed by atoms with Gasteiger partial charge in [-0.15, -0.1) is 11.3 Å². The van der Waals surface area contributed by atoms with E-state index in [9.17, 15) is 13.5 Å². The lowest BCUT2D eigenvalue weighted by molar-refractivity contribution is 0.113. The van der Waals surface area contributed by atoms with Crippen LogP contribution in [0.2, 0.25) is 0 Å². The Morgan fingerprint density at radius 3 is 2.68 bits per heavy atom. The molecule has 6 nitrogen and oxygen atoms in total. The number of sulfonamides is 1. The summed E-state index contributed by atoms with van der Waals surface area (Å²) in [5.41, 5.74) is 7.35. The first-order valence-corrected chi connectivity index (χ1v) is 10.0. The molecule has 0 radical (unpaired) electrons. The van der Waals surface area contributed by atoms with Crippen LogP contribution in [-0.2, 0) is 10.0 Å². The Morgan fingerprint density at radius 1 is 1.41 bits per heavy atom. The lowest BCUT2D eigenvalue weighted by atomic mass is 10.1. The van der Waals surface area contributed by atoms with E-state index < -0.39 is 16.1 Å². The number of thiazole rings is 1. The number of nitrogens with two attached hydrogens (primary N) is 1. The molecule has 1 aliphatic rings. The summed E-state index contributed by atoms with van der Waals surface area (Å²) >= 11 is 2.57. The number of aliphatic hydroxyl groups is 1. The van der Waals surface area contributed by atoms with Gasteiger partial charge in [0.2, 0.25) is 0 Å². The van der Waals surface area contributed by atoms with Gasteiger partial charge in [-0.2, -0.15) is 4.31 Å². The maximum absolute atomic E-state index is 12.6. The standard InChI is InChI=1S/C13H17N3O3S3/c1-8-12(21-13(14)15-8)9-6-11(20-7-9)22(18,19)16-4-2-10(17)3-5-16/h6-7,10,17H,2-5H2,1H3,(H2,14,15). The average Bonchev–Trinajstić information content (AvgIpc) is 3.06. The SMILES string of the molecule is Cc1nc(N)sc1-c1csc(S(=O)(=O)N2CCC(O)CC2)c1. The van der Waals surface area contributed by atoms with E-state index in [0.717, 1.165) is 16.1 Å². The molecular weight excluding hydrogens is 342 g/mol. The molecule has 0 aliphatic carbocycles. The van der Waals surface area contributed by atoms with Crippen LogP contribution < -0.4 is 5.73 Å². The zero-order chi connectivity index (χ0) is 15.9. The number of rotatable bonds is 3. The second-order valence-electron chi connectivity index (χ2n) is 5.26. The van der Waals surface area contributed by atoms with Crippen LogP contribution in [0.4, 0.5) is 5.13 Å². The number of aromatic nitrogens is 1. The molecule has 1 fully saturated rings. The summed E-state index contributed by atoms with van der Waals surface area (Å²) in [4.78, 5) is 5.08. The Kier molecular flexibility index (Phi) is 4.25. The third-order valence-corrected chi connectivity index (χ3v) is 8.02. The highest BCUT2D eigenvalue weighted by Crippen LogP contribution is 2.36. The van der Waals surface area contributed by atoms with Crippen LogP contribution in [0.5, 0.6) is 0 Å². The lowest BCUT2D eigenvalue weighted by Gasteiger charge is -2.28. The number of nitrogens with zero attached hydrogens (tertiary/aromatic N) is 2.